The molecule has 27 heavy (non-hydrogen) atoms. The van der Waals surface area contributed by atoms with Crippen LogP contribution in [0, 0.1) is 0 Å². The van der Waals surface area contributed by atoms with E-state index in [1.165, 1.54) is 12.0 Å². The summed E-state index contributed by atoms with van der Waals surface area (Å²) in [5.74, 6) is -0.448. The van der Waals surface area contributed by atoms with E-state index < -0.39 is 32.0 Å². The summed E-state index contributed by atoms with van der Waals surface area (Å²) in [6.07, 6.45) is 1.89. The predicted molar refractivity (Wildman–Crippen MR) is 109 cm³/mol. The average molecular weight is 400 g/mol. The molecular weight excluding hydrogens is 362 g/mol. The van der Waals surface area contributed by atoms with Gasteiger partial charge in [-0.2, -0.15) is 0 Å². The number of amides is 1. The third kappa shape index (κ3) is 5.81. The van der Waals surface area contributed by atoms with Crippen molar-refractivity contribution in [3.63, 3.8) is 0 Å². The summed E-state index contributed by atoms with van der Waals surface area (Å²) >= 11 is 0. The second-order valence-corrected chi connectivity index (χ2v) is 14.4. The van der Waals surface area contributed by atoms with Gasteiger partial charge in [-0.05, 0) is 45.3 Å². The van der Waals surface area contributed by atoms with Crippen LogP contribution in [0.25, 0.3) is 0 Å². The third-order valence-electron chi connectivity index (χ3n) is 5.32. The minimum absolute atomic E-state index is 0.0197. The van der Waals surface area contributed by atoms with Gasteiger partial charge in [0.2, 0.25) is 0 Å². The van der Waals surface area contributed by atoms with Crippen LogP contribution in [-0.4, -0.2) is 56.2 Å². The molecule has 1 saturated heterocycles. The van der Waals surface area contributed by atoms with Crippen LogP contribution < -0.4 is 0 Å². The highest BCUT2D eigenvalue weighted by atomic mass is 28.4. The van der Waals surface area contributed by atoms with Crippen molar-refractivity contribution in [2.24, 2.45) is 0 Å². The Balaban J connectivity index is 3.25. The zero-order valence-corrected chi connectivity index (χ0v) is 19.4. The Bertz CT molecular complexity index is 562. The van der Waals surface area contributed by atoms with E-state index in [0.717, 1.165) is 0 Å². The summed E-state index contributed by atoms with van der Waals surface area (Å²) in [6.45, 7) is 20.1. The van der Waals surface area contributed by atoms with Gasteiger partial charge in [0.25, 0.3) is 0 Å². The fraction of sp³-hybridized carbons (Fsp3) is 0.800. The maximum Gasteiger partial charge on any atom is 0.411 e. The van der Waals surface area contributed by atoms with Gasteiger partial charge >= 0.3 is 12.1 Å². The van der Waals surface area contributed by atoms with Crippen molar-refractivity contribution in [2.75, 3.05) is 7.11 Å². The molecule has 0 aromatic carbocycles. The van der Waals surface area contributed by atoms with Crippen LogP contribution in [0.5, 0.6) is 0 Å². The van der Waals surface area contributed by atoms with E-state index in [1.807, 2.05) is 0 Å². The zero-order valence-electron chi connectivity index (χ0n) is 18.4. The number of hydrogen-bond acceptors (Lipinski definition) is 5. The van der Waals surface area contributed by atoms with Gasteiger partial charge < -0.3 is 13.9 Å². The van der Waals surface area contributed by atoms with Crippen molar-refractivity contribution >= 4 is 20.4 Å². The molecule has 6 nitrogen and oxygen atoms in total. The van der Waals surface area contributed by atoms with Crippen LogP contribution in [0.2, 0.25) is 18.1 Å². The second-order valence-electron chi connectivity index (χ2n) is 9.67. The van der Waals surface area contributed by atoms with Gasteiger partial charge in [-0.15, -0.1) is 6.58 Å². The number of hydrogen-bond donors (Lipinski definition) is 0. The molecule has 0 saturated carbocycles. The molecule has 0 spiro atoms. The Morgan fingerprint density at radius 3 is 2.15 bits per heavy atom. The number of carbonyl (C=O) groups is 2. The number of ether oxygens (including phenoxy) is 2. The maximum absolute atomic E-state index is 12.9. The first-order valence-electron chi connectivity index (χ1n) is 9.52. The highest BCUT2D eigenvalue weighted by Crippen LogP contribution is 2.41. The SMILES string of the molecule is C=CCC1C(O[Si](C)(C)C(C)(C)C)CC(C(=O)OC)N1C(=O)OC(C)(C)C. The first-order valence-corrected chi connectivity index (χ1v) is 12.4. The minimum atomic E-state index is -2.09. The third-order valence-corrected chi connectivity index (χ3v) is 9.82. The lowest BCUT2D eigenvalue weighted by molar-refractivity contribution is -0.146. The van der Waals surface area contributed by atoms with Crippen molar-refractivity contribution in [1.29, 1.82) is 0 Å². The summed E-state index contributed by atoms with van der Waals surface area (Å²) in [5.41, 5.74) is -0.658. The maximum atomic E-state index is 12.9. The van der Waals surface area contributed by atoms with Crippen LogP contribution in [0.15, 0.2) is 12.7 Å². The van der Waals surface area contributed by atoms with Gasteiger partial charge in [0, 0.05) is 6.42 Å². The second kappa shape index (κ2) is 8.35. The van der Waals surface area contributed by atoms with Crippen LogP contribution in [0.4, 0.5) is 4.79 Å². The molecule has 0 aromatic heterocycles. The molecule has 0 aromatic rings. The van der Waals surface area contributed by atoms with E-state index in [1.54, 1.807) is 26.8 Å². The summed E-state index contributed by atoms with van der Waals surface area (Å²) in [5, 5.41) is 0.0197. The smallest absolute Gasteiger partial charge is 0.411 e. The minimum Gasteiger partial charge on any atom is -0.467 e. The van der Waals surface area contributed by atoms with Crippen molar-refractivity contribution < 1.29 is 23.5 Å². The highest BCUT2D eigenvalue weighted by Gasteiger charge is 2.51. The summed E-state index contributed by atoms with van der Waals surface area (Å²) in [6, 6.07) is -1.03. The van der Waals surface area contributed by atoms with Crippen LogP contribution in [0.1, 0.15) is 54.4 Å². The zero-order chi connectivity index (χ0) is 21.2. The lowest BCUT2D eigenvalue weighted by Gasteiger charge is -2.40. The summed E-state index contributed by atoms with van der Waals surface area (Å²) in [4.78, 5) is 26.8. The Morgan fingerprint density at radius 1 is 1.19 bits per heavy atom. The van der Waals surface area contributed by atoms with Crippen molar-refractivity contribution in [1.82, 2.24) is 4.90 Å². The Labute approximate surface area is 165 Å². The van der Waals surface area contributed by atoms with Gasteiger partial charge in [-0.1, -0.05) is 26.8 Å². The molecule has 156 valence electrons. The van der Waals surface area contributed by atoms with Gasteiger partial charge in [0.05, 0.1) is 19.3 Å². The molecule has 3 atom stereocenters. The van der Waals surface area contributed by atoms with Crippen LogP contribution in [-0.2, 0) is 18.7 Å². The quantitative estimate of drug-likeness (QED) is 0.387. The number of esters is 1. The Morgan fingerprint density at radius 2 is 1.74 bits per heavy atom. The largest absolute Gasteiger partial charge is 0.467 e. The van der Waals surface area contributed by atoms with E-state index in [4.69, 9.17) is 13.9 Å². The Hall–Kier alpha value is -1.34. The normalized spacial score (nSPS) is 23.9. The molecular formula is C20H37NO5Si. The average Bonchev–Trinajstić information content (AvgIpc) is 2.82. The number of likely N-dealkylation sites (tertiary alicyclic amines) is 1. The number of methoxy groups -OCH3 is 1. The first-order chi connectivity index (χ1) is 12.1. The van der Waals surface area contributed by atoms with Gasteiger partial charge in [0.1, 0.15) is 11.6 Å². The molecule has 1 amide bonds. The van der Waals surface area contributed by atoms with E-state index >= 15 is 0 Å². The molecule has 0 bridgehead atoms. The summed E-state index contributed by atoms with van der Waals surface area (Å²) in [7, 11) is -0.758. The monoisotopic (exact) mass is 399 g/mol. The standard InChI is InChI=1S/C20H37NO5Si/c1-11-12-14-16(26-27(9,10)20(5,6)7)13-15(17(22)24-8)21(14)18(23)25-19(2,3)4/h11,14-16H,1,12-13H2,2-10H3. The van der Waals surface area contributed by atoms with E-state index in [2.05, 4.69) is 40.4 Å². The molecule has 1 fully saturated rings. The van der Waals surface area contributed by atoms with Crippen molar-refractivity contribution in [2.45, 2.75) is 96.3 Å². The van der Waals surface area contributed by atoms with Crippen molar-refractivity contribution in [3.05, 3.63) is 12.7 Å². The first kappa shape index (κ1) is 23.7. The fourth-order valence-corrected chi connectivity index (χ4v) is 4.31. The lowest BCUT2D eigenvalue weighted by atomic mass is 10.1. The summed E-state index contributed by atoms with van der Waals surface area (Å²) < 4.78 is 17.1. The molecule has 1 heterocycles. The van der Waals surface area contributed by atoms with Gasteiger partial charge in [0.15, 0.2) is 8.32 Å². The Kier molecular flexibility index (Phi) is 7.33. The van der Waals surface area contributed by atoms with E-state index in [9.17, 15) is 9.59 Å². The molecule has 0 aliphatic carbocycles. The lowest BCUT2D eigenvalue weighted by Crippen LogP contribution is -2.50. The molecule has 1 aliphatic heterocycles. The number of carbonyl (C=O) groups excluding carboxylic acids is 2. The van der Waals surface area contributed by atoms with Crippen LogP contribution >= 0.6 is 0 Å². The molecule has 3 unspecified atom stereocenters. The molecule has 1 rings (SSSR count). The topological polar surface area (TPSA) is 65.1 Å². The molecule has 0 radical (unpaired) electrons. The molecule has 0 N–H and O–H groups in total. The molecule has 1 aliphatic rings. The van der Waals surface area contributed by atoms with Crippen molar-refractivity contribution in [3.8, 4) is 0 Å². The highest BCUT2D eigenvalue weighted by molar-refractivity contribution is 6.74. The van der Waals surface area contributed by atoms with Crippen LogP contribution in [0.3, 0.4) is 0 Å². The molecule has 7 heteroatoms. The number of rotatable bonds is 5. The van der Waals surface area contributed by atoms with E-state index in [0.29, 0.717) is 12.8 Å². The van der Waals surface area contributed by atoms with E-state index in [-0.39, 0.29) is 17.2 Å². The van der Waals surface area contributed by atoms with Gasteiger partial charge in [-0.3, -0.25) is 4.90 Å². The predicted octanol–water partition coefficient (Wildman–Crippen LogP) is 4.50. The fourth-order valence-electron chi connectivity index (χ4n) is 2.94. The van der Waals surface area contributed by atoms with Gasteiger partial charge in [-0.25, -0.2) is 9.59 Å². The number of nitrogens with zero attached hydrogens (tertiary/aromatic N) is 1.